The van der Waals surface area contributed by atoms with Gasteiger partial charge in [-0.15, -0.1) is 0 Å². The molecule has 0 bridgehead atoms. The lowest BCUT2D eigenvalue weighted by atomic mass is 10.0. The maximum absolute atomic E-state index is 12.7. The summed E-state index contributed by atoms with van der Waals surface area (Å²) >= 11 is 1.71. The molecule has 2 heterocycles. The van der Waals surface area contributed by atoms with Crippen LogP contribution in [-0.2, 0) is 4.79 Å². The molecule has 1 aliphatic carbocycles. The monoisotopic (exact) mass is 306 g/mol. The fourth-order valence-electron chi connectivity index (χ4n) is 3.74. The maximum atomic E-state index is 12.7. The molecule has 1 N–H and O–H groups in total. The Balaban J connectivity index is 1.68. The zero-order chi connectivity index (χ0) is 14.7. The summed E-state index contributed by atoms with van der Waals surface area (Å²) in [6, 6.07) is 2.16. The van der Waals surface area contributed by atoms with E-state index in [9.17, 15) is 4.79 Å². The predicted molar refractivity (Wildman–Crippen MR) is 87.2 cm³/mol. The first-order valence-corrected chi connectivity index (χ1v) is 9.32. The van der Waals surface area contributed by atoms with Gasteiger partial charge in [0.1, 0.15) is 6.17 Å². The quantitative estimate of drug-likeness (QED) is 0.863. The number of nitrogens with one attached hydrogen (secondary N) is 1. The topological polar surface area (TPSA) is 32.3 Å². The summed E-state index contributed by atoms with van der Waals surface area (Å²) in [6.45, 7) is 3.06. The van der Waals surface area contributed by atoms with Crippen LogP contribution in [0, 0.1) is 5.92 Å². The van der Waals surface area contributed by atoms with E-state index in [1.807, 2.05) is 0 Å². The van der Waals surface area contributed by atoms with Crippen molar-refractivity contribution in [3.63, 3.8) is 0 Å². The summed E-state index contributed by atoms with van der Waals surface area (Å²) in [5, 5.41) is 7.82. The van der Waals surface area contributed by atoms with Crippen molar-refractivity contribution < 1.29 is 4.79 Å². The molecule has 3 nitrogen and oxygen atoms in total. The van der Waals surface area contributed by atoms with Crippen LogP contribution in [0.4, 0.5) is 0 Å². The van der Waals surface area contributed by atoms with Crippen molar-refractivity contribution in [1.29, 1.82) is 0 Å². The Hall–Kier alpha value is -0.870. The molecule has 1 aromatic heterocycles. The molecule has 2 atom stereocenters. The van der Waals surface area contributed by atoms with Gasteiger partial charge in [0.25, 0.3) is 0 Å². The molecule has 2 fully saturated rings. The van der Waals surface area contributed by atoms with Gasteiger partial charge >= 0.3 is 0 Å². The van der Waals surface area contributed by atoms with Gasteiger partial charge in [0, 0.05) is 6.54 Å². The van der Waals surface area contributed by atoms with E-state index in [1.54, 1.807) is 11.3 Å². The highest BCUT2D eigenvalue weighted by Crippen LogP contribution is 2.32. The molecule has 1 saturated heterocycles. The van der Waals surface area contributed by atoms with Gasteiger partial charge in [-0.05, 0) is 41.1 Å². The molecule has 0 spiro atoms. The fourth-order valence-corrected chi connectivity index (χ4v) is 4.42. The minimum atomic E-state index is 0.0171. The summed E-state index contributed by atoms with van der Waals surface area (Å²) in [5.74, 6) is 1.15. The van der Waals surface area contributed by atoms with E-state index < -0.39 is 0 Å². The van der Waals surface area contributed by atoms with Crippen LogP contribution in [0.15, 0.2) is 16.8 Å². The highest BCUT2D eigenvalue weighted by molar-refractivity contribution is 7.07. The molecule has 1 amide bonds. The van der Waals surface area contributed by atoms with E-state index in [1.165, 1.54) is 37.7 Å². The minimum absolute atomic E-state index is 0.0171. The number of hydrogen-bond donors (Lipinski definition) is 1. The van der Waals surface area contributed by atoms with Gasteiger partial charge in [-0.25, -0.2) is 0 Å². The van der Waals surface area contributed by atoms with E-state index in [0.29, 0.717) is 5.91 Å². The normalized spacial score (nSPS) is 26.9. The van der Waals surface area contributed by atoms with Gasteiger partial charge in [-0.3, -0.25) is 10.1 Å². The van der Waals surface area contributed by atoms with Gasteiger partial charge < -0.3 is 4.90 Å². The molecule has 1 aliphatic heterocycles. The predicted octanol–water partition coefficient (Wildman–Crippen LogP) is 3.93. The molecule has 0 radical (unpaired) electrons. The molecule has 1 aromatic rings. The van der Waals surface area contributed by atoms with Gasteiger partial charge in [0.05, 0.1) is 6.04 Å². The molecule has 2 unspecified atom stereocenters. The number of nitrogens with zero attached hydrogens (tertiary/aromatic N) is 1. The van der Waals surface area contributed by atoms with Crippen LogP contribution in [0.1, 0.15) is 63.6 Å². The summed E-state index contributed by atoms with van der Waals surface area (Å²) in [4.78, 5) is 14.8. The summed E-state index contributed by atoms with van der Waals surface area (Å²) in [6.07, 6.45) is 8.74. The van der Waals surface area contributed by atoms with Crippen LogP contribution in [-0.4, -0.2) is 23.4 Å². The molecular weight excluding hydrogens is 280 g/mol. The summed E-state index contributed by atoms with van der Waals surface area (Å²) < 4.78 is 0. The number of hydrogen-bond acceptors (Lipinski definition) is 3. The standard InChI is InChI=1S/C17H26N2OS/c1-2-5-15-17(20)19(10-8-13-6-3-4-7-13)16(18-15)14-9-11-21-12-14/h9,11-13,15-16,18H,2-8,10H2,1H3. The molecule has 116 valence electrons. The van der Waals surface area contributed by atoms with Crippen LogP contribution >= 0.6 is 11.3 Å². The van der Waals surface area contributed by atoms with Crippen molar-refractivity contribution in [2.24, 2.45) is 5.92 Å². The average molecular weight is 306 g/mol. The van der Waals surface area contributed by atoms with Crippen LogP contribution in [0.5, 0.6) is 0 Å². The molecule has 0 aromatic carbocycles. The van der Waals surface area contributed by atoms with E-state index >= 15 is 0 Å². The van der Waals surface area contributed by atoms with Crippen molar-refractivity contribution in [2.45, 2.75) is 64.1 Å². The number of amides is 1. The third kappa shape index (κ3) is 3.32. The Morgan fingerprint density at radius 3 is 2.81 bits per heavy atom. The lowest BCUT2D eigenvalue weighted by Gasteiger charge is -2.25. The van der Waals surface area contributed by atoms with Crippen LogP contribution < -0.4 is 5.32 Å². The van der Waals surface area contributed by atoms with E-state index in [4.69, 9.17) is 0 Å². The molecule has 3 rings (SSSR count). The lowest BCUT2D eigenvalue weighted by molar-refractivity contribution is -0.130. The van der Waals surface area contributed by atoms with Crippen molar-refractivity contribution in [3.05, 3.63) is 22.4 Å². The third-order valence-corrected chi connectivity index (χ3v) is 5.64. The van der Waals surface area contributed by atoms with Crippen LogP contribution in [0.25, 0.3) is 0 Å². The van der Waals surface area contributed by atoms with Gasteiger partial charge in [0.15, 0.2) is 0 Å². The number of rotatable bonds is 6. The third-order valence-electron chi connectivity index (χ3n) is 4.94. The van der Waals surface area contributed by atoms with Crippen molar-refractivity contribution in [2.75, 3.05) is 6.54 Å². The second-order valence-corrected chi connectivity index (χ2v) is 7.22. The van der Waals surface area contributed by atoms with E-state index in [-0.39, 0.29) is 12.2 Å². The number of carbonyl (C=O) groups is 1. The Bertz CT molecular complexity index is 453. The highest BCUT2D eigenvalue weighted by atomic mass is 32.1. The lowest BCUT2D eigenvalue weighted by Crippen LogP contribution is -2.32. The van der Waals surface area contributed by atoms with Crippen molar-refractivity contribution in [1.82, 2.24) is 10.2 Å². The first-order valence-electron chi connectivity index (χ1n) is 8.38. The Labute approximate surface area is 131 Å². The Morgan fingerprint density at radius 1 is 1.33 bits per heavy atom. The minimum Gasteiger partial charge on any atom is -0.322 e. The van der Waals surface area contributed by atoms with Gasteiger partial charge in [-0.1, -0.05) is 39.0 Å². The highest BCUT2D eigenvalue weighted by Gasteiger charge is 2.39. The summed E-state index contributed by atoms with van der Waals surface area (Å²) in [5.41, 5.74) is 1.25. The average Bonchev–Trinajstić information content (AvgIpc) is 3.20. The zero-order valence-electron chi connectivity index (χ0n) is 12.9. The second kappa shape index (κ2) is 6.93. The van der Waals surface area contributed by atoms with Gasteiger partial charge in [0.2, 0.25) is 5.91 Å². The molecular formula is C17H26N2OS. The van der Waals surface area contributed by atoms with E-state index in [2.05, 4.69) is 34.0 Å². The molecule has 2 aliphatic rings. The SMILES string of the molecule is CCCC1NC(c2ccsc2)N(CCC2CCCC2)C1=O. The Morgan fingerprint density at radius 2 is 2.14 bits per heavy atom. The first-order chi connectivity index (χ1) is 10.3. The van der Waals surface area contributed by atoms with E-state index in [0.717, 1.165) is 25.3 Å². The number of thiophene rings is 1. The number of carbonyl (C=O) groups excluding carboxylic acids is 1. The first kappa shape index (κ1) is 15.0. The zero-order valence-corrected chi connectivity index (χ0v) is 13.7. The second-order valence-electron chi connectivity index (χ2n) is 6.44. The Kier molecular flexibility index (Phi) is 4.96. The maximum Gasteiger partial charge on any atom is 0.241 e. The van der Waals surface area contributed by atoms with Crippen LogP contribution in [0.3, 0.4) is 0 Å². The van der Waals surface area contributed by atoms with Gasteiger partial charge in [-0.2, -0.15) is 11.3 Å². The van der Waals surface area contributed by atoms with Crippen molar-refractivity contribution >= 4 is 17.2 Å². The largest absolute Gasteiger partial charge is 0.322 e. The smallest absolute Gasteiger partial charge is 0.241 e. The molecule has 4 heteroatoms. The van der Waals surface area contributed by atoms with Crippen molar-refractivity contribution in [3.8, 4) is 0 Å². The van der Waals surface area contributed by atoms with Crippen LogP contribution in [0.2, 0.25) is 0 Å². The fraction of sp³-hybridized carbons (Fsp3) is 0.706. The summed E-state index contributed by atoms with van der Waals surface area (Å²) in [7, 11) is 0. The molecule has 21 heavy (non-hydrogen) atoms. The molecule has 1 saturated carbocycles.